The number of aromatic nitrogens is 2. The van der Waals surface area contributed by atoms with Gasteiger partial charge in [-0.05, 0) is 24.3 Å². The molecule has 0 aliphatic carbocycles. The van der Waals surface area contributed by atoms with Gasteiger partial charge in [-0.25, -0.2) is 0 Å². The number of Topliss-reactive ketones (excluding diaryl/α,β-unsaturated/α-hetero) is 1. The first kappa shape index (κ1) is 15.9. The van der Waals surface area contributed by atoms with E-state index >= 15 is 0 Å². The number of benzene rings is 2. The number of para-hydroxylation sites is 2. The van der Waals surface area contributed by atoms with Crippen LogP contribution < -0.4 is 5.62 Å². The molecule has 0 atom stereocenters. The number of imidazole rings is 1. The quantitative estimate of drug-likeness (QED) is 0.448. The van der Waals surface area contributed by atoms with E-state index in [1.807, 2.05) is 24.3 Å². The van der Waals surface area contributed by atoms with Gasteiger partial charge in [-0.1, -0.05) is 23.7 Å². The third-order valence-electron chi connectivity index (χ3n) is 3.87. The Hall–Kier alpha value is -2.93. The number of nitro benzene ring substituents is 1. The molecule has 0 aliphatic rings. The number of rotatable bonds is 4. The third kappa shape index (κ3) is 2.59. The van der Waals surface area contributed by atoms with E-state index in [0.717, 1.165) is 11.0 Å². The predicted molar refractivity (Wildman–Crippen MR) is 89.2 cm³/mol. The van der Waals surface area contributed by atoms with E-state index < -0.39 is 4.92 Å². The number of carbonyl (C=O) groups excluding carboxylic acids is 1. The summed E-state index contributed by atoms with van der Waals surface area (Å²) in [7, 11) is 1.75. The lowest BCUT2D eigenvalue weighted by atomic mass is 10.1. The summed E-state index contributed by atoms with van der Waals surface area (Å²) in [6, 6.07) is 11.3. The zero-order chi connectivity index (χ0) is 17.4. The van der Waals surface area contributed by atoms with E-state index in [0.29, 0.717) is 0 Å². The zero-order valence-electron chi connectivity index (χ0n) is 12.7. The first-order chi connectivity index (χ1) is 11.4. The maximum absolute atomic E-state index is 12.5. The van der Waals surface area contributed by atoms with Gasteiger partial charge in [0.15, 0.2) is 5.78 Å². The van der Waals surface area contributed by atoms with Crippen molar-refractivity contribution in [2.75, 3.05) is 0 Å². The van der Waals surface area contributed by atoms with Gasteiger partial charge in [0.1, 0.15) is 5.02 Å². The van der Waals surface area contributed by atoms with E-state index in [2.05, 4.69) is 0 Å². The van der Waals surface area contributed by atoms with Crippen LogP contribution >= 0.6 is 11.6 Å². The van der Waals surface area contributed by atoms with Crippen molar-refractivity contribution >= 4 is 34.1 Å². The lowest BCUT2D eigenvalue weighted by Gasteiger charge is -2.05. The minimum atomic E-state index is -0.625. The summed E-state index contributed by atoms with van der Waals surface area (Å²) in [6.45, 7) is -0.0844. The molecular weight excluding hydrogens is 332 g/mol. The normalized spacial score (nSPS) is 10.9. The first-order valence-electron chi connectivity index (χ1n) is 7.06. The molecular formula is C16H13ClN4O3. The summed E-state index contributed by atoms with van der Waals surface area (Å²) in [5, 5.41) is 19.1. The Morgan fingerprint density at radius 1 is 1.25 bits per heavy atom. The Kier molecular flexibility index (Phi) is 3.94. The molecule has 1 aromatic heterocycles. The summed E-state index contributed by atoms with van der Waals surface area (Å²) in [4.78, 5) is 22.9. The van der Waals surface area contributed by atoms with Gasteiger partial charge in [-0.2, -0.15) is 0 Å². The number of nitro groups is 1. The number of nitrogens with one attached hydrogen (secondary N) is 1. The smallest absolute Gasteiger partial charge is 0.288 e. The van der Waals surface area contributed by atoms with Gasteiger partial charge < -0.3 is 9.13 Å². The highest BCUT2D eigenvalue weighted by Gasteiger charge is 2.18. The zero-order valence-corrected chi connectivity index (χ0v) is 13.4. The second kappa shape index (κ2) is 5.93. The van der Waals surface area contributed by atoms with Crippen molar-refractivity contribution in [1.29, 1.82) is 5.41 Å². The van der Waals surface area contributed by atoms with Crippen LogP contribution in [0, 0.1) is 15.5 Å². The van der Waals surface area contributed by atoms with Crippen molar-refractivity contribution in [3.63, 3.8) is 0 Å². The monoisotopic (exact) mass is 344 g/mol. The molecule has 0 aliphatic heterocycles. The van der Waals surface area contributed by atoms with Gasteiger partial charge in [0.2, 0.25) is 5.62 Å². The Morgan fingerprint density at radius 2 is 1.92 bits per heavy atom. The van der Waals surface area contributed by atoms with Gasteiger partial charge in [0.25, 0.3) is 5.69 Å². The van der Waals surface area contributed by atoms with E-state index in [-0.39, 0.29) is 34.2 Å². The fraction of sp³-hybridized carbons (Fsp3) is 0.125. The van der Waals surface area contributed by atoms with Gasteiger partial charge >= 0.3 is 0 Å². The maximum atomic E-state index is 12.5. The predicted octanol–water partition coefficient (Wildman–Crippen LogP) is 2.90. The lowest BCUT2D eigenvalue weighted by molar-refractivity contribution is -0.384. The fourth-order valence-corrected chi connectivity index (χ4v) is 2.79. The molecule has 0 fully saturated rings. The number of hydrogen-bond acceptors (Lipinski definition) is 4. The van der Waals surface area contributed by atoms with Crippen molar-refractivity contribution in [2.24, 2.45) is 7.05 Å². The van der Waals surface area contributed by atoms with Crippen LogP contribution in [-0.4, -0.2) is 19.8 Å². The first-order valence-corrected chi connectivity index (χ1v) is 7.44. The molecule has 1 N–H and O–H groups in total. The van der Waals surface area contributed by atoms with Gasteiger partial charge in [0, 0.05) is 18.7 Å². The Balaban J connectivity index is 2.02. The molecule has 0 unspecified atom stereocenters. The van der Waals surface area contributed by atoms with Gasteiger partial charge in [-0.15, -0.1) is 0 Å². The number of ketones is 1. The molecule has 0 spiro atoms. The van der Waals surface area contributed by atoms with Crippen LogP contribution in [0.5, 0.6) is 0 Å². The molecule has 0 amide bonds. The molecule has 1 heterocycles. The molecule has 0 radical (unpaired) electrons. The summed E-state index contributed by atoms with van der Waals surface area (Å²) >= 11 is 5.77. The number of hydrogen-bond donors (Lipinski definition) is 1. The number of aryl methyl sites for hydroxylation is 1. The second-order valence-corrected chi connectivity index (χ2v) is 5.71. The Morgan fingerprint density at radius 3 is 2.58 bits per heavy atom. The lowest BCUT2D eigenvalue weighted by Crippen LogP contribution is -2.25. The molecule has 3 aromatic rings. The molecule has 122 valence electrons. The largest absolute Gasteiger partial charge is 0.313 e. The highest BCUT2D eigenvalue weighted by molar-refractivity contribution is 6.32. The van der Waals surface area contributed by atoms with Crippen LogP contribution in [0.4, 0.5) is 5.69 Å². The summed E-state index contributed by atoms with van der Waals surface area (Å²) in [5.41, 5.74) is 1.63. The van der Waals surface area contributed by atoms with Crippen LogP contribution in [0.3, 0.4) is 0 Å². The van der Waals surface area contributed by atoms with Crippen LogP contribution in [-0.2, 0) is 13.6 Å². The minimum Gasteiger partial charge on any atom is -0.313 e. The summed E-state index contributed by atoms with van der Waals surface area (Å²) in [6.07, 6.45) is 0. The molecule has 0 saturated heterocycles. The van der Waals surface area contributed by atoms with Gasteiger partial charge in [-0.3, -0.25) is 20.3 Å². The van der Waals surface area contributed by atoms with Crippen molar-refractivity contribution in [3.05, 3.63) is 68.8 Å². The van der Waals surface area contributed by atoms with E-state index in [1.54, 1.807) is 16.2 Å². The number of nitrogens with zero attached hydrogens (tertiary/aromatic N) is 3. The summed E-state index contributed by atoms with van der Waals surface area (Å²) < 4.78 is 3.24. The van der Waals surface area contributed by atoms with E-state index in [4.69, 9.17) is 17.0 Å². The van der Waals surface area contributed by atoms with Crippen molar-refractivity contribution in [1.82, 2.24) is 9.13 Å². The van der Waals surface area contributed by atoms with Gasteiger partial charge in [0.05, 0.1) is 22.5 Å². The maximum Gasteiger partial charge on any atom is 0.288 e. The second-order valence-electron chi connectivity index (χ2n) is 5.30. The highest BCUT2D eigenvalue weighted by atomic mass is 35.5. The Bertz CT molecular complexity index is 1040. The molecule has 24 heavy (non-hydrogen) atoms. The number of halogens is 1. The minimum absolute atomic E-state index is 0.0180. The van der Waals surface area contributed by atoms with Crippen LogP contribution in [0.2, 0.25) is 5.02 Å². The van der Waals surface area contributed by atoms with Crippen LogP contribution in [0.25, 0.3) is 11.0 Å². The molecule has 7 nitrogen and oxygen atoms in total. The van der Waals surface area contributed by atoms with E-state index in [1.165, 1.54) is 18.2 Å². The highest BCUT2D eigenvalue weighted by Crippen LogP contribution is 2.25. The Labute approximate surface area is 141 Å². The average molecular weight is 345 g/mol. The molecule has 0 bridgehead atoms. The topological polar surface area (TPSA) is 93.9 Å². The van der Waals surface area contributed by atoms with Crippen molar-refractivity contribution in [3.8, 4) is 0 Å². The van der Waals surface area contributed by atoms with Crippen LogP contribution in [0.1, 0.15) is 10.4 Å². The SMILES string of the molecule is Cn1c(=N)n(CC(=O)c2ccc(Cl)c([N+](=O)[O-])c2)c2ccccc21. The third-order valence-corrected chi connectivity index (χ3v) is 4.19. The van der Waals surface area contributed by atoms with Crippen molar-refractivity contribution in [2.45, 2.75) is 6.54 Å². The molecule has 0 saturated carbocycles. The average Bonchev–Trinajstić information content (AvgIpc) is 2.80. The van der Waals surface area contributed by atoms with Crippen LogP contribution in [0.15, 0.2) is 42.5 Å². The number of fused-ring (bicyclic) bond motifs is 1. The fourth-order valence-electron chi connectivity index (χ4n) is 2.61. The van der Waals surface area contributed by atoms with Crippen molar-refractivity contribution < 1.29 is 9.72 Å². The van der Waals surface area contributed by atoms with E-state index in [9.17, 15) is 14.9 Å². The number of carbonyl (C=O) groups is 1. The molecule has 3 rings (SSSR count). The standard InChI is InChI=1S/C16H13ClN4O3/c1-19-12-4-2-3-5-13(12)20(16(19)18)9-15(22)10-6-7-11(17)14(8-10)21(23)24/h2-8,18H,9H2,1H3. The molecule has 8 heteroatoms. The summed E-state index contributed by atoms with van der Waals surface area (Å²) in [5.74, 6) is -0.329. The molecule has 2 aromatic carbocycles.